The van der Waals surface area contributed by atoms with Crippen molar-refractivity contribution in [3.63, 3.8) is 0 Å². The van der Waals surface area contributed by atoms with Crippen molar-refractivity contribution in [1.82, 2.24) is 4.90 Å². The molecule has 6 nitrogen and oxygen atoms in total. The lowest BCUT2D eigenvalue weighted by Gasteiger charge is -2.29. The lowest BCUT2D eigenvalue weighted by molar-refractivity contribution is -0.132. The fourth-order valence-electron chi connectivity index (χ4n) is 2.82. The number of carbonyl (C=O) groups excluding carboxylic acids is 1. The monoisotopic (exact) mass is 339 g/mol. The minimum atomic E-state index is -3.19. The van der Waals surface area contributed by atoms with E-state index in [0.29, 0.717) is 5.56 Å². The number of nitrogens with zero attached hydrogens (tertiary/aromatic N) is 1. The molecule has 1 fully saturated rings. The molecule has 1 amide bonds. The summed E-state index contributed by atoms with van der Waals surface area (Å²) >= 11 is 0. The van der Waals surface area contributed by atoms with Gasteiger partial charge in [0, 0.05) is 18.3 Å². The van der Waals surface area contributed by atoms with Crippen LogP contribution in [0.5, 0.6) is 0 Å². The number of carbonyl (C=O) groups is 2. The Hall–Kier alpha value is -1.89. The van der Waals surface area contributed by atoms with Gasteiger partial charge < -0.3 is 10.0 Å². The van der Waals surface area contributed by atoms with E-state index in [2.05, 4.69) is 0 Å². The normalized spacial score (nSPS) is 15.9. The van der Waals surface area contributed by atoms with Gasteiger partial charge in [-0.3, -0.25) is 4.79 Å². The van der Waals surface area contributed by atoms with Crippen LogP contribution >= 0.6 is 0 Å². The Labute approximate surface area is 136 Å². The maximum atomic E-state index is 12.6. The molecule has 0 heterocycles. The van der Waals surface area contributed by atoms with Gasteiger partial charge in [0.15, 0.2) is 0 Å². The zero-order chi connectivity index (χ0) is 17.2. The predicted octanol–water partition coefficient (Wildman–Crippen LogP) is 1.35. The quantitative estimate of drug-likeness (QED) is 0.809. The average Bonchev–Trinajstić information content (AvgIpc) is 3.21. The largest absolute Gasteiger partial charge is 0.478 e. The summed E-state index contributed by atoms with van der Waals surface area (Å²) in [6, 6.07) is 6.04. The van der Waals surface area contributed by atoms with Crippen molar-refractivity contribution in [3.05, 3.63) is 35.4 Å². The lowest BCUT2D eigenvalue weighted by Crippen LogP contribution is -2.44. The number of sulfone groups is 1. The van der Waals surface area contributed by atoms with Crippen LogP contribution in [0.3, 0.4) is 0 Å². The molecule has 1 N–H and O–H groups in total. The van der Waals surface area contributed by atoms with Gasteiger partial charge in [0.25, 0.3) is 0 Å². The van der Waals surface area contributed by atoms with Crippen LogP contribution in [0.1, 0.15) is 35.7 Å². The first-order valence-corrected chi connectivity index (χ1v) is 9.55. The molecular formula is C16H21NO5S. The molecule has 2 rings (SSSR count). The molecule has 0 aromatic heterocycles. The fraction of sp³-hybridized carbons (Fsp3) is 0.500. The van der Waals surface area contributed by atoms with Crippen LogP contribution in [-0.2, 0) is 21.1 Å². The molecule has 1 aliphatic carbocycles. The van der Waals surface area contributed by atoms with E-state index in [0.717, 1.165) is 19.1 Å². The average molecular weight is 339 g/mol. The first-order valence-electron chi connectivity index (χ1n) is 7.49. The summed E-state index contributed by atoms with van der Waals surface area (Å²) in [5, 5.41) is 9.20. The van der Waals surface area contributed by atoms with E-state index in [1.54, 1.807) is 30.0 Å². The highest BCUT2D eigenvalue weighted by Crippen LogP contribution is 2.30. The first-order chi connectivity index (χ1) is 10.7. The molecule has 23 heavy (non-hydrogen) atoms. The van der Waals surface area contributed by atoms with Crippen molar-refractivity contribution >= 4 is 21.7 Å². The number of amides is 1. The van der Waals surface area contributed by atoms with Crippen LogP contribution in [0.15, 0.2) is 24.3 Å². The Bertz CT molecular complexity index is 709. The molecule has 1 aliphatic rings. The van der Waals surface area contributed by atoms with Gasteiger partial charge in [-0.2, -0.15) is 0 Å². The topological polar surface area (TPSA) is 91.8 Å². The molecule has 1 atom stereocenters. The van der Waals surface area contributed by atoms with Gasteiger partial charge in [0.1, 0.15) is 9.84 Å². The summed E-state index contributed by atoms with van der Waals surface area (Å²) in [6.07, 6.45) is 2.84. The summed E-state index contributed by atoms with van der Waals surface area (Å²) in [7, 11) is -3.19. The molecule has 1 saturated carbocycles. The molecular weight excluding hydrogens is 318 g/mol. The maximum Gasteiger partial charge on any atom is 0.335 e. The third kappa shape index (κ3) is 4.79. The van der Waals surface area contributed by atoms with Crippen molar-refractivity contribution in [3.8, 4) is 0 Å². The maximum absolute atomic E-state index is 12.6. The highest BCUT2D eigenvalue weighted by molar-refractivity contribution is 7.90. The third-order valence-corrected chi connectivity index (χ3v) is 4.92. The Kier molecular flexibility index (Phi) is 5.09. The number of aromatic carboxylic acids is 1. The van der Waals surface area contributed by atoms with Gasteiger partial charge >= 0.3 is 5.97 Å². The van der Waals surface area contributed by atoms with E-state index in [4.69, 9.17) is 0 Å². The minimum absolute atomic E-state index is 0.0346. The molecule has 1 aromatic carbocycles. The SMILES string of the molecule is CC(CS(C)(=O)=O)N(C(=O)Cc1ccccc1C(=O)O)C1CC1. The van der Waals surface area contributed by atoms with Crippen LogP contribution in [0.4, 0.5) is 0 Å². The summed E-state index contributed by atoms with van der Waals surface area (Å²) < 4.78 is 23.0. The number of rotatable bonds is 7. The van der Waals surface area contributed by atoms with Crippen molar-refractivity contribution in [2.75, 3.05) is 12.0 Å². The summed E-state index contributed by atoms with van der Waals surface area (Å²) in [6.45, 7) is 1.72. The molecule has 0 saturated heterocycles. The zero-order valence-corrected chi connectivity index (χ0v) is 14.0. The second-order valence-corrected chi connectivity index (χ2v) is 8.30. The van der Waals surface area contributed by atoms with Gasteiger partial charge in [0.05, 0.1) is 17.7 Å². The highest BCUT2D eigenvalue weighted by atomic mass is 32.2. The van der Waals surface area contributed by atoms with Crippen molar-refractivity contribution in [1.29, 1.82) is 0 Å². The molecule has 1 unspecified atom stereocenters. The van der Waals surface area contributed by atoms with Gasteiger partial charge in [-0.1, -0.05) is 18.2 Å². The molecule has 0 spiro atoms. The molecule has 7 heteroatoms. The van der Waals surface area contributed by atoms with E-state index < -0.39 is 21.8 Å². The van der Waals surface area contributed by atoms with Crippen LogP contribution in [-0.4, -0.2) is 54.4 Å². The number of carboxylic acid groups (broad SMARTS) is 1. The second kappa shape index (κ2) is 6.70. The standard InChI is InChI=1S/C16H21NO5S/c1-11(10-23(2,21)22)17(13-7-8-13)15(18)9-12-5-3-4-6-14(12)16(19)20/h3-6,11,13H,7-10H2,1-2H3,(H,19,20). The van der Waals surface area contributed by atoms with Gasteiger partial charge in [-0.05, 0) is 31.4 Å². The van der Waals surface area contributed by atoms with Gasteiger partial charge in [-0.25, -0.2) is 13.2 Å². The Morgan fingerprint density at radius 1 is 1.30 bits per heavy atom. The molecule has 0 radical (unpaired) electrons. The molecule has 0 bridgehead atoms. The number of hydrogen-bond donors (Lipinski definition) is 1. The lowest BCUT2D eigenvalue weighted by atomic mass is 10.0. The van der Waals surface area contributed by atoms with E-state index in [1.807, 2.05) is 0 Å². The summed E-state index contributed by atoms with van der Waals surface area (Å²) in [5.41, 5.74) is 0.551. The van der Waals surface area contributed by atoms with E-state index in [1.165, 1.54) is 6.07 Å². The Balaban J connectivity index is 2.18. The van der Waals surface area contributed by atoms with Gasteiger partial charge in [0.2, 0.25) is 5.91 Å². The summed E-state index contributed by atoms with van der Waals surface area (Å²) in [4.78, 5) is 25.5. The Morgan fingerprint density at radius 3 is 2.43 bits per heavy atom. The molecule has 126 valence electrons. The van der Waals surface area contributed by atoms with E-state index in [9.17, 15) is 23.1 Å². The highest BCUT2D eigenvalue weighted by Gasteiger charge is 2.36. The van der Waals surface area contributed by atoms with Crippen LogP contribution < -0.4 is 0 Å². The number of hydrogen-bond acceptors (Lipinski definition) is 4. The van der Waals surface area contributed by atoms with E-state index in [-0.39, 0.29) is 29.7 Å². The Morgan fingerprint density at radius 2 is 1.91 bits per heavy atom. The van der Waals surface area contributed by atoms with Crippen molar-refractivity contribution < 1.29 is 23.1 Å². The zero-order valence-electron chi connectivity index (χ0n) is 13.2. The second-order valence-electron chi connectivity index (χ2n) is 6.11. The third-order valence-electron chi connectivity index (χ3n) is 3.84. The molecule has 1 aromatic rings. The fourth-order valence-corrected chi connectivity index (χ4v) is 3.85. The van der Waals surface area contributed by atoms with Crippen molar-refractivity contribution in [2.45, 2.75) is 38.3 Å². The number of benzene rings is 1. The molecule has 0 aliphatic heterocycles. The smallest absolute Gasteiger partial charge is 0.335 e. The predicted molar refractivity (Wildman–Crippen MR) is 86.1 cm³/mol. The summed E-state index contributed by atoms with van der Waals surface area (Å²) in [5.74, 6) is -1.39. The minimum Gasteiger partial charge on any atom is -0.478 e. The number of carboxylic acids is 1. The van der Waals surface area contributed by atoms with Crippen LogP contribution in [0, 0.1) is 0 Å². The van der Waals surface area contributed by atoms with Gasteiger partial charge in [-0.15, -0.1) is 0 Å². The first kappa shape index (κ1) is 17.5. The van der Waals surface area contributed by atoms with Crippen LogP contribution in [0.2, 0.25) is 0 Å². The van der Waals surface area contributed by atoms with Crippen molar-refractivity contribution in [2.24, 2.45) is 0 Å². The van der Waals surface area contributed by atoms with E-state index >= 15 is 0 Å². The van der Waals surface area contributed by atoms with Crippen LogP contribution in [0.25, 0.3) is 0 Å².